The summed E-state index contributed by atoms with van der Waals surface area (Å²) in [6.07, 6.45) is 16.1. The van der Waals surface area contributed by atoms with Gasteiger partial charge in [-0.25, -0.2) is 34.3 Å². The molecule has 640 valence electrons. The van der Waals surface area contributed by atoms with Crippen molar-refractivity contribution >= 4 is 68.9 Å². The van der Waals surface area contributed by atoms with Crippen LogP contribution in [0.1, 0.15) is 161 Å². The molecular weight excluding hydrogens is 1560 g/mol. The fourth-order valence-electron chi connectivity index (χ4n) is 17.6. The van der Waals surface area contributed by atoms with Gasteiger partial charge in [0.2, 0.25) is 30.4 Å². The van der Waals surface area contributed by atoms with Gasteiger partial charge in [0.25, 0.3) is 11.8 Å². The first-order chi connectivity index (χ1) is 59.2. The summed E-state index contributed by atoms with van der Waals surface area (Å²) in [5.74, 6) is 3.49. The van der Waals surface area contributed by atoms with E-state index in [9.17, 15) is 28.8 Å². The minimum Gasteiger partial charge on any atom is -0.494 e. The Morgan fingerprint density at radius 1 is 0.615 bits per heavy atom. The number of nitrogens with one attached hydrogen (secondary N) is 4. The quantitative estimate of drug-likeness (QED) is 0.0371. The number of nitrogens with zero attached hydrogens (tertiary/aromatic N) is 10. The average molecular weight is 1670 g/mol. The Hall–Kier alpha value is -12.4. The number of carbonyl (C=O) groups excluding carboxylic acids is 6. The number of amides is 6. The van der Waals surface area contributed by atoms with Gasteiger partial charge in [-0.05, 0) is 149 Å². The number of likely N-dealkylation sites (tertiary alicyclic amines) is 2. The van der Waals surface area contributed by atoms with Gasteiger partial charge in [0, 0.05) is 85.5 Å². The molecule has 5 fully saturated rings. The Bertz CT molecular complexity index is 5510. The Balaban J connectivity index is 0.000000181. The van der Waals surface area contributed by atoms with Crippen molar-refractivity contribution in [2.45, 2.75) is 155 Å². The lowest BCUT2D eigenvalue weighted by Crippen LogP contribution is -2.56. The second kappa shape index (κ2) is 35.7. The molecule has 2 saturated heterocycles. The molecule has 3 saturated carbocycles. The molecule has 0 spiro atoms. The van der Waals surface area contributed by atoms with Gasteiger partial charge in [0.15, 0.2) is 46.1 Å². The molecule has 9 heterocycles. The number of fused-ring (bicyclic) bond motifs is 4. The first-order valence-electron chi connectivity index (χ1n) is 42.4. The van der Waals surface area contributed by atoms with Crippen LogP contribution in [0, 0.1) is 47.7 Å². The van der Waals surface area contributed by atoms with Crippen LogP contribution in [0.4, 0.5) is 4.39 Å². The van der Waals surface area contributed by atoms with E-state index in [2.05, 4.69) is 40.5 Å². The number of rotatable bonds is 27. The van der Waals surface area contributed by atoms with E-state index in [1.54, 1.807) is 56.5 Å². The van der Waals surface area contributed by atoms with Gasteiger partial charge in [-0.15, -0.1) is 0 Å². The predicted octanol–water partition coefficient (Wildman–Crippen LogP) is 13.2. The summed E-state index contributed by atoms with van der Waals surface area (Å²) in [5.41, 5.74) is 8.28. The van der Waals surface area contributed by atoms with E-state index >= 15 is 4.39 Å². The van der Waals surface area contributed by atoms with Crippen molar-refractivity contribution < 1.29 is 75.8 Å². The Labute approximate surface area is 707 Å². The van der Waals surface area contributed by atoms with Gasteiger partial charge >= 0.3 is 0 Å². The zero-order valence-corrected chi connectivity index (χ0v) is 70.6. The number of piperidine rings is 2. The van der Waals surface area contributed by atoms with Gasteiger partial charge in [-0.2, -0.15) is 10.2 Å². The summed E-state index contributed by atoms with van der Waals surface area (Å²) in [6.45, 7) is 12.3. The molecule has 0 radical (unpaired) electrons. The molecule has 9 aromatic rings. The lowest BCUT2D eigenvalue weighted by Gasteiger charge is -2.44. The molecule has 6 amide bonds. The number of halogens is 1. The molecule has 8 aliphatic rings. The molecular formula is C92H105FN14O15. The van der Waals surface area contributed by atoms with Gasteiger partial charge in [0.05, 0.1) is 105 Å². The molecule has 0 unspecified atom stereocenters. The maximum absolute atomic E-state index is 15.2. The molecule has 30 heteroatoms. The summed E-state index contributed by atoms with van der Waals surface area (Å²) in [6, 6.07) is 25.4. The van der Waals surface area contributed by atoms with Crippen molar-refractivity contribution in [1.29, 1.82) is 0 Å². The molecule has 0 bridgehead atoms. The van der Waals surface area contributed by atoms with E-state index in [0.717, 1.165) is 79.5 Å². The van der Waals surface area contributed by atoms with E-state index in [-0.39, 0.29) is 78.0 Å². The van der Waals surface area contributed by atoms with E-state index in [0.29, 0.717) is 192 Å². The largest absolute Gasteiger partial charge is 0.494 e. The summed E-state index contributed by atoms with van der Waals surface area (Å²) in [7, 11) is 7.79. The topological polar surface area (TPSA) is 330 Å². The highest BCUT2D eigenvalue weighted by molar-refractivity contribution is 6.12. The zero-order valence-electron chi connectivity index (χ0n) is 70.6. The predicted molar refractivity (Wildman–Crippen MR) is 453 cm³/mol. The first-order valence-corrected chi connectivity index (χ1v) is 42.4. The van der Waals surface area contributed by atoms with Crippen LogP contribution in [0.5, 0.6) is 51.7 Å². The highest BCUT2D eigenvalue weighted by Crippen LogP contribution is 2.50. The number of carbonyl (C=O) groups is 6. The summed E-state index contributed by atoms with van der Waals surface area (Å²) in [4.78, 5) is 114. The van der Waals surface area contributed by atoms with Crippen molar-refractivity contribution in [2.75, 3.05) is 81.7 Å². The van der Waals surface area contributed by atoms with E-state index in [4.69, 9.17) is 52.8 Å². The number of methoxy groups -OCH3 is 5. The van der Waals surface area contributed by atoms with E-state index in [1.807, 2.05) is 111 Å². The summed E-state index contributed by atoms with van der Waals surface area (Å²) >= 11 is 0. The monoisotopic (exact) mass is 1660 g/mol. The van der Waals surface area contributed by atoms with Crippen LogP contribution in [-0.2, 0) is 25.6 Å². The minimum atomic E-state index is -0.921. The maximum Gasteiger partial charge on any atom is 0.255 e. The molecule has 5 atom stereocenters. The number of aromatic amines is 2. The normalized spacial score (nSPS) is 19.1. The molecule has 5 aliphatic heterocycles. The number of benzene rings is 5. The second-order valence-electron chi connectivity index (χ2n) is 33.6. The molecule has 4 aromatic heterocycles. The number of hydrogen-bond acceptors (Lipinski definition) is 21. The third-order valence-electron chi connectivity index (χ3n) is 25.1. The average Bonchev–Trinajstić information content (AvgIpc) is 1.46. The maximum atomic E-state index is 15.2. The highest BCUT2D eigenvalue weighted by atomic mass is 19.1. The van der Waals surface area contributed by atoms with E-state index in [1.165, 1.54) is 31.9 Å². The van der Waals surface area contributed by atoms with Gasteiger partial charge in [0.1, 0.15) is 58.7 Å². The Morgan fingerprint density at radius 3 is 1.88 bits per heavy atom. The first kappa shape index (κ1) is 83.3. The summed E-state index contributed by atoms with van der Waals surface area (Å²) in [5, 5.41) is 19.4. The summed E-state index contributed by atoms with van der Waals surface area (Å²) < 4.78 is 66.6. The lowest BCUT2D eigenvalue weighted by molar-refractivity contribution is -0.146. The van der Waals surface area contributed by atoms with Crippen LogP contribution in [-0.4, -0.2) is 202 Å². The molecule has 3 aliphatic carbocycles. The van der Waals surface area contributed by atoms with Crippen molar-refractivity contribution in [3.63, 3.8) is 0 Å². The van der Waals surface area contributed by atoms with Crippen LogP contribution in [0.25, 0.3) is 44.6 Å². The third-order valence-corrected chi connectivity index (χ3v) is 25.1. The van der Waals surface area contributed by atoms with Crippen LogP contribution in [0.2, 0.25) is 0 Å². The van der Waals surface area contributed by atoms with Gasteiger partial charge < -0.3 is 73.0 Å². The van der Waals surface area contributed by atoms with Crippen molar-refractivity contribution in [3.05, 3.63) is 149 Å². The van der Waals surface area contributed by atoms with Crippen molar-refractivity contribution in [3.8, 4) is 74.3 Å². The number of hydrogen-bond donors (Lipinski definition) is 4. The van der Waals surface area contributed by atoms with Crippen molar-refractivity contribution in [2.24, 2.45) is 45.2 Å². The number of aromatic nitrogens is 6. The highest BCUT2D eigenvalue weighted by Gasteiger charge is 2.47. The molecule has 5 aromatic carbocycles. The van der Waals surface area contributed by atoms with Crippen molar-refractivity contribution in [1.82, 2.24) is 60.4 Å². The lowest BCUT2D eigenvalue weighted by atomic mass is 9.73. The number of ether oxygens (including phenoxy) is 9. The Morgan fingerprint density at radius 2 is 1.22 bits per heavy atom. The van der Waals surface area contributed by atoms with E-state index < -0.39 is 35.1 Å². The fourth-order valence-corrected chi connectivity index (χ4v) is 17.6. The molecule has 17 rings (SSSR count). The third kappa shape index (κ3) is 17.1. The van der Waals surface area contributed by atoms with Gasteiger partial charge in [-0.3, -0.25) is 28.8 Å². The Kier molecular flexibility index (Phi) is 24.4. The van der Waals surface area contributed by atoms with Crippen LogP contribution in [0.15, 0.2) is 120 Å². The number of hydrazone groups is 2. The van der Waals surface area contributed by atoms with Crippen LogP contribution < -0.4 is 53.3 Å². The number of aryl methyl sites for hydroxylation is 1. The smallest absolute Gasteiger partial charge is 0.255 e. The SMILES string of the molecule is CC[C@H](C)[C@H](NC(=O)c1c[nH]c2c(-c3c(OCC4CC4)ccc4c3OCO4)ncnc12)C(=O)N1CCC(N2N=C(c3ccc(OC)c(OC)c3)[C@H]3CCCC[C@H]3C2=O)CC1.COc1cc(OCC2CC2)c(-c2ncnc3c(C(=O)N[C@H](Cc4ccccc4)C(=O)N4CCC(N5N=C(c6ccc(OC)c(OC)c6)CC(C)(C)C5=O)CC4)c(C)[nH]c23)cc1F. The fraction of sp³-hybridized carbons (Fsp3) is 0.457. The molecule has 4 N–H and O–H groups in total. The second-order valence-corrected chi connectivity index (χ2v) is 33.6. The molecule has 122 heavy (non-hydrogen) atoms. The standard InChI is InChI=1S/C47H52FN7O7.C45H53N7O8/c1-27-40(42-43(51-27)41(49-26-50-42)32-22-33(48)38(60-5)23-37(32)62-25-29-12-13-29)44(56)52-34(20-28-10-8-7-9-11-28)45(57)54-18-16-31(17-19-54)55-46(58)47(2,3)24-35(53-55)30-14-15-36(59-4)39(21-30)61-6;1-5-25(2)37(49-43(53)31-21-46-41-39(31)47-23-48-40(41)36-33(58-22-26-10-11-26)14-15-34-42(36)60-24-59-34)45(55)51-18-16-28(17-19-51)52-44(54)30-9-7-6-8-29(30)38(50-52)27-12-13-32(56-3)35(20-27)57-4/h7-11,14-15,21-23,26,29,31,34,51H,12-13,16-20,24-25H2,1-6H3,(H,52,56);12-15,20-21,23,25-26,28-30,37,46H,5-11,16-19,22,24H2,1-4H3,(H,49,53)/t34-;25-,29-,30+,37-/m10/s1. The van der Waals surface area contributed by atoms with Gasteiger partial charge in [-0.1, -0.05) is 77.3 Å². The molecule has 29 nitrogen and oxygen atoms in total. The zero-order chi connectivity index (χ0) is 85.2. The van der Waals surface area contributed by atoms with Crippen LogP contribution in [0.3, 0.4) is 0 Å². The minimum absolute atomic E-state index is 0.0449. The number of H-pyrrole nitrogens is 2. The van der Waals surface area contributed by atoms with Crippen LogP contribution >= 0.6 is 0 Å².